The van der Waals surface area contributed by atoms with E-state index in [1.165, 1.54) is 27.0 Å². The van der Waals surface area contributed by atoms with Crippen LogP contribution in [0, 0.1) is 6.92 Å². The fourth-order valence-corrected chi connectivity index (χ4v) is 3.53. The summed E-state index contributed by atoms with van der Waals surface area (Å²) < 4.78 is 0. The van der Waals surface area contributed by atoms with Gasteiger partial charge in [-0.25, -0.2) is 9.97 Å². The number of nitrogens with one attached hydrogen (secondary N) is 2. The molecule has 5 heteroatoms. The lowest BCUT2D eigenvalue weighted by Gasteiger charge is -2.03. The number of nitrogens with zero attached hydrogens (tertiary/aromatic N) is 2. The lowest BCUT2D eigenvalue weighted by Crippen LogP contribution is -1.98. The van der Waals surface area contributed by atoms with Crippen LogP contribution in [0.4, 0.5) is 5.13 Å². The molecule has 4 aromatic rings. The van der Waals surface area contributed by atoms with Crippen molar-refractivity contribution >= 4 is 27.5 Å². The predicted molar refractivity (Wildman–Crippen MR) is 99.5 cm³/mol. The zero-order valence-corrected chi connectivity index (χ0v) is 14.2. The molecule has 0 saturated carbocycles. The molecular formula is C19H18N4S. The van der Waals surface area contributed by atoms with E-state index in [4.69, 9.17) is 0 Å². The van der Waals surface area contributed by atoms with E-state index >= 15 is 0 Å². The molecule has 0 atom stereocenters. The van der Waals surface area contributed by atoms with E-state index in [1.54, 1.807) is 11.3 Å². The Balaban J connectivity index is 1.44. The van der Waals surface area contributed by atoms with Gasteiger partial charge >= 0.3 is 0 Å². The topological polar surface area (TPSA) is 53.6 Å². The summed E-state index contributed by atoms with van der Waals surface area (Å²) in [6.45, 7) is 2.90. The Hall–Kier alpha value is -2.66. The number of hydrogen-bond acceptors (Lipinski definition) is 4. The van der Waals surface area contributed by atoms with Crippen LogP contribution in [0.2, 0.25) is 0 Å². The van der Waals surface area contributed by atoms with Crippen LogP contribution in [-0.2, 0) is 13.0 Å². The number of anilines is 1. The maximum atomic E-state index is 4.49. The number of hydrogen-bond donors (Lipinski definition) is 2. The van der Waals surface area contributed by atoms with Crippen molar-refractivity contribution in [3.63, 3.8) is 0 Å². The third-order valence-corrected chi connectivity index (χ3v) is 4.97. The highest BCUT2D eigenvalue weighted by molar-refractivity contribution is 7.15. The first-order valence-corrected chi connectivity index (χ1v) is 8.75. The van der Waals surface area contributed by atoms with Crippen molar-refractivity contribution in [2.75, 3.05) is 5.32 Å². The number of thiazole rings is 1. The van der Waals surface area contributed by atoms with Crippen molar-refractivity contribution in [2.45, 2.75) is 19.9 Å². The Morgan fingerprint density at radius 3 is 2.88 bits per heavy atom. The van der Waals surface area contributed by atoms with Crippen molar-refractivity contribution in [2.24, 2.45) is 0 Å². The van der Waals surface area contributed by atoms with E-state index in [2.05, 4.69) is 57.5 Å². The molecule has 2 N–H and O–H groups in total. The van der Waals surface area contributed by atoms with Crippen LogP contribution in [0.15, 0.2) is 55.0 Å². The summed E-state index contributed by atoms with van der Waals surface area (Å²) in [6.07, 6.45) is 6.67. The molecule has 1 aromatic carbocycles. The molecule has 3 heterocycles. The summed E-state index contributed by atoms with van der Waals surface area (Å²) in [5, 5.41) is 5.55. The molecule has 0 aliphatic heterocycles. The molecule has 24 heavy (non-hydrogen) atoms. The Kier molecular flexibility index (Phi) is 4.01. The quantitative estimate of drug-likeness (QED) is 0.564. The predicted octanol–water partition coefficient (Wildman–Crippen LogP) is 4.53. The molecule has 0 fully saturated rings. The number of fused-ring (bicyclic) bond motifs is 1. The second-order valence-electron chi connectivity index (χ2n) is 5.86. The maximum Gasteiger partial charge on any atom is 0.183 e. The Morgan fingerprint density at radius 1 is 1.12 bits per heavy atom. The number of rotatable bonds is 5. The minimum atomic E-state index is 0.796. The normalized spacial score (nSPS) is 11.0. The largest absolute Gasteiger partial charge is 0.357 e. The highest BCUT2D eigenvalue weighted by atomic mass is 32.1. The van der Waals surface area contributed by atoms with Crippen LogP contribution in [0.1, 0.15) is 21.6 Å². The van der Waals surface area contributed by atoms with Crippen LogP contribution in [0.25, 0.3) is 11.0 Å². The van der Waals surface area contributed by atoms with E-state index in [9.17, 15) is 0 Å². The average molecular weight is 334 g/mol. The fourth-order valence-electron chi connectivity index (χ4n) is 2.70. The fraction of sp³-hybridized carbons (Fsp3) is 0.158. The second-order valence-corrected chi connectivity index (χ2v) is 6.98. The molecule has 3 aromatic heterocycles. The van der Waals surface area contributed by atoms with Gasteiger partial charge in [0.1, 0.15) is 5.65 Å². The van der Waals surface area contributed by atoms with Gasteiger partial charge in [0, 0.05) is 41.8 Å². The smallest absolute Gasteiger partial charge is 0.183 e. The highest BCUT2D eigenvalue weighted by Gasteiger charge is 2.08. The monoisotopic (exact) mass is 334 g/mol. The van der Waals surface area contributed by atoms with Gasteiger partial charge in [-0.2, -0.15) is 0 Å². The van der Waals surface area contributed by atoms with Gasteiger partial charge in [-0.1, -0.05) is 29.8 Å². The standard InChI is InChI=1S/C19H18N4S/c1-13-4-6-14(7-5-13)10-22-19-23-12-16(24-19)9-15-11-21-18-17(15)3-2-8-20-18/h2-8,11-12H,9-10H2,1H3,(H,20,21)(H,22,23). The Bertz CT molecular complexity index is 953. The summed E-state index contributed by atoms with van der Waals surface area (Å²) in [4.78, 5) is 13.3. The third kappa shape index (κ3) is 3.16. The van der Waals surface area contributed by atoms with Gasteiger partial charge in [-0.05, 0) is 30.2 Å². The molecule has 4 rings (SSSR count). The molecule has 4 nitrogen and oxygen atoms in total. The van der Waals surface area contributed by atoms with Crippen LogP contribution in [0.3, 0.4) is 0 Å². The number of aryl methyl sites for hydroxylation is 1. The lowest BCUT2D eigenvalue weighted by atomic mass is 10.1. The van der Waals surface area contributed by atoms with E-state index in [-0.39, 0.29) is 0 Å². The molecular weight excluding hydrogens is 316 g/mol. The lowest BCUT2D eigenvalue weighted by molar-refractivity contribution is 1.13. The summed E-state index contributed by atoms with van der Waals surface area (Å²) in [5.41, 5.74) is 4.74. The van der Waals surface area contributed by atoms with E-state index in [0.29, 0.717) is 0 Å². The number of aromatic amines is 1. The number of benzene rings is 1. The van der Waals surface area contributed by atoms with Crippen LogP contribution in [-0.4, -0.2) is 15.0 Å². The summed E-state index contributed by atoms with van der Waals surface area (Å²) in [7, 11) is 0. The zero-order chi connectivity index (χ0) is 16.4. The number of pyridine rings is 1. The Morgan fingerprint density at radius 2 is 2.00 bits per heavy atom. The second kappa shape index (κ2) is 6.45. The van der Waals surface area contributed by atoms with E-state index in [0.717, 1.165) is 23.7 Å². The molecule has 0 spiro atoms. The van der Waals surface area contributed by atoms with Gasteiger partial charge in [0.25, 0.3) is 0 Å². The summed E-state index contributed by atoms with van der Waals surface area (Å²) in [5.74, 6) is 0. The molecule has 0 aliphatic carbocycles. The molecule has 0 unspecified atom stereocenters. The van der Waals surface area contributed by atoms with Gasteiger partial charge in [-0.15, -0.1) is 11.3 Å². The molecule has 0 saturated heterocycles. The van der Waals surface area contributed by atoms with Gasteiger partial charge in [0.2, 0.25) is 0 Å². The first-order chi connectivity index (χ1) is 11.8. The van der Waals surface area contributed by atoms with E-state index < -0.39 is 0 Å². The van der Waals surface area contributed by atoms with Crippen molar-refractivity contribution in [3.05, 3.63) is 76.6 Å². The minimum absolute atomic E-state index is 0.796. The summed E-state index contributed by atoms with van der Waals surface area (Å²) in [6, 6.07) is 12.6. The summed E-state index contributed by atoms with van der Waals surface area (Å²) >= 11 is 1.71. The highest BCUT2D eigenvalue weighted by Crippen LogP contribution is 2.25. The number of H-pyrrole nitrogens is 1. The third-order valence-electron chi connectivity index (χ3n) is 4.02. The molecule has 0 radical (unpaired) electrons. The van der Waals surface area contributed by atoms with Crippen LogP contribution in [0.5, 0.6) is 0 Å². The van der Waals surface area contributed by atoms with Gasteiger partial charge in [-0.3, -0.25) is 0 Å². The van der Waals surface area contributed by atoms with Crippen LogP contribution >= 0.6 is 11.3 Å². The molecule has 0 amide bonds. The van der Waals surface area contributed by atoms with Crippen molar-refractivity contribution < 1.29 is 0 Å². The first kappa shape index (κ1) is 14.9. The zero-order valence-electron chi connectivity index (χ0n) is 13.4. The van der Waals surface area contributed by atoms with Crippen molar-refractivity contribution in [1.82, 2.24) is 15.0 Å². The average Bonchev–Trinajstić information content (AvgIpc) is 3.22. The van der Waals surface area contributed by atoms with Gasteiger partial charge in [0.05, 0.1) is 0 Å². The van der Waals surface area contributed by atoms with Gasteiger partial charge in [0.15, 0.2) is 5.13 Å². The molecule has 0 aliphatic rings. The van der Waals surface area contributed by atoms with E-state index in [1.807, 2.05) is 24.7 Å². The minimum Gasteiger partial charge on any atom is -0.357 e. The van der Waals surface area contributed by atoms with Crippen LogP contribution < -0.4 is 5.32 Å². The van der Waals surface area contributed by atoms with Crippen molar-refractivity contribution in [1.29, 1.82) is 0 Å². The van der Waals surface area contributed by atoms with Crippen molar-refractivity contribution in [3.8, 4) is 0 Å². The molecule has 120 valence electrons. The maximum absolute atomic E-state index is 4.49. The Labute approximate surface area is 144 Å². The number of aromatic nitrogens is 3. The van der Waals surface area contributed by atoms with Gasteiger partial charge < -0.3 is 10.3 Å². The first-order valence-electron chi connectivity index (χ1n) is 7.93. The SMILES string of the molecule is Cc1ccc(CNc2ncc(Cc3c[nH]c4ncccc34)s2)cc1. The molecule has 0 bridgehead atoms.